The minimum Gasteiger partial charge on any atom is -0.325 e. The van der Waals surface area contributed by atoms with Crippen molar-refractivity contribution in [2.45, 2.75) is 58.7 Å². The van der Waals surface area contributed by atoms with E-state index in [0.29, 0.717) is 5.92 Å². The van der Waals surface area contributed by atoms with E-state index in [1.165, 1.54) is 12.8 Å². The van der Waals surface area contributed by atoms with Gasteiger partial charge >= 0.3 is 0 Å². The van der Waals surface area contributed by atoms with Crippen molar-refractivity contribution in [3.63, 3.8) is 0 Å². The highest BCUT2D eigenvalue weighted by Gasteiger charge is 2.39. The molecule has 1 aliphatic rings. The number of nitrogens with one attached hydrogen (secondary N) is 1. The molecule has 21 heavy (non-hydrogen) atoms. The van der Waals surface area contributed by atoms with Crippen LogP contribution < -0.4 is 5.32 Å². The van der Waals surface area contributed by atoms with Gasteiger partial charge in [0.05, 0.1) is 6.17 Å². The molecule has 0 aliphatic carbocycles. The summed E-state index contributed by atoms with van der Waals surface area (Å²) in [5.41, 5.74) is 1.08. The van der Waals surface area contributed by atoms with Gasteiger partial charge in [0.15, 0.2) is 0 Å². The number of benzene rings is 1. The molecule has 1 aromatic carbocycles. The number of hydrogen-bond donors (Lipinski definition) is 1. The molecule has 2 rings (SSSR count). The van der Waals surface area contributed by atoms with Crippen LogP contribution in [0.5, 0.6) is 0 Å². The number of carbonyl (C=O) groups excluding carboxylic acids is 1. The lowest BCUT2D eigenvalue weighted by Gasteiger charge is -2.25. The minimum atomic E-state index is -0.170. The molecule has 1 saturated heterocycles. The Morgan fingerprint density at radius 1 is 1.19 bits per heavy atom. The minimum absolute atomic E-state index is 0.170. The first kappa shape index (κ1) is 16.0. The van der Waals surface area contributed by atoms with Gasteiger partial charge in [-0.15, -0.1) is 0 Å². The summed E-state index contributed by atoms with van der Waals surface area (Å²) in [7, 11) is 0. The van der Waals surface area contributed by atoms with Gasteiger partial charge in [0.25, 0.3) is 0 Å². The Morgan fingerprint density at radius 3 is 2.52 bits per heavy atom. The van der Waals surface area contributed by atoms with Crippen LogP contribution in [0.3, 0.4) is 0 Å². The van der Waals surface area contributed by atoms with Crippen molar-refractivity contribution in [3.8, 4) is 0 Å². The molecule has 1 fully saturated rings. The van der Waals surface area contributed by atoms with Crippen LogP contribution in [0.4, 0.5) is 0 Å². The SMILES string of the molecule is CCCCCN1C(=O)C(c2ccccc2)NC1CC(C)C. The van der Waals surface area contributed by atoms with Gasteiger partial charge in [-0.05, 0) is 24.3 Å². The van der Waals surface area contributed by atoms with E-state index in [4.69, 9.17) is 0 Å². The Hall–Kier alpha value is -1.35. The van der Waals surface area contributed by atoms with Crippen molar-refractivity contribution >= 4 is 5.91 Å². The number of unbranched alkanes of at least 4 members (excludes halogenated alkanes) is 2. The summed E-state index contributed by atoms with van der Waals surface area (Å²) in [6.07, 6.45) is 4.67. The smallest absolute Gasteiger partial charge is 0.245 e. The first-order valence-corrected chi connectivity index (χ1v) is 8.25. The molecular weight excluding hydrogens is 260 g/mol. The van der Waals surface area contributed by atoms with Crippen LogP contribution in [-0.4, -0.2) is 23.5 Å². The van der Waals surface area contributed by atoms with Gasteiger partial charge in [0, 0.05) is 6.54 Å². The van der Waals surface area contributed by atoms with Crippen LogP contribution in [0, 0.1) is 5.92 Å². The maximum absolute atomic E-state index is 12.8. The van der Waals surface area contributed by atoms with Crippen LogP contribution in [0.1, 0.15) is 58.1 Å². The maximum Gasteiger partial charge on any atom is 0.245 e. The second-order valence-electron chi connectivity index (χ2n) is 6.39. The molecule has 0 aromatic heterocycles. The van der Waals surface area contributed by atoms with Gasteiger partial charge in [0.2, 0.25) is 5.91 Å². The zero-order chi connectivity index (χ0) is 15.2. The molecule has 1 aromatic rings. The van der Waals surface area contributed by atoms with Gasteiger partial charge in [-0.1, -0.05) is 63.9 Å². The highest BCUT2D eigenvalue weighted by Crippen LogP contribution is 2.27. The predicted molar refractivity (Wildman–Crippen MR) is 86.8 cm³/mol. The highest BCUT2D eigenvalue weighted by molar-refractivity contribution is 5.85. The van der Waals surface area contributed by atoms with Gasteiger partial charge in [-0.3, -0.25) is 10.1 Å². The fourth-order valence-corrected chi connectivity index (χ4v) is 3.00. The Balaban J connectivity index is 2.10. The summed E-state index contributed by atoms with van der Waals surface area (Å²) in [4.78, 5) is 14.8. The van der Waals surface area contributed by atoms with Gasteiger partial charge in [-0.2, -0.15) is 0 Å². The van der Waals surface area contributed by atoms with Crippen LogP contribution >= 0.6 is 0 Å². The van der Waals surface area contributed by atoms with Gasteiger partial charge in [-0.25, -0.2) is 0 Å². The number of hydrogen-bond acceptors (Lipinski definition) is 2. The molecule has 1 aliphatic heterocycles. The first-order chi connectivity index (χ1) is 10.1. The van der Waals surface area contributed by atoms with E-state index in [-0.39, 0.29) is 18.1 Å². The molecule has 3 nitrogen and oxygen atoms in total. The number of amides is 1. The Morgan fingerprint density at radius 2 is 1.90 bits per heavy atom. The highest BCUT2D eigenvalue weighted by atomic mass is 16.2. The summed E-state index contributed by atoms with van der Waals surface area (Å²) in [6.45, 7) is 7.50. The molecule has 3 heteroatoms. The molecule has 2 unspecified atom stereocenters. The average Bonchev–Trinajstić information content (AvgIpc) is 2.77. The van der Waals surface area contributed by atoms with Crippen molar-refractivity contribution in [1.29, 1.82) is 0 Å². The lowest BCUT2D eigenvalue weighted by atomic mass is 10.1. The second-order valence-corrected chi connectivity index (χ2v) is 6.39. The molecule has 0 saturated carbocycles. The van der Waals surface area contributed by atoms with Crippen molar-refractivity contribution < 1.29 is 4.79 Å². The van der Waals surface area contributed by atoms with E-state index in [0.717, 1.165) is 24.9 Å². The van der Waals surface area contributed by atoms with E-state index >= 15 is 0 Å². The molecule has 1 N–H and O–H groups in total. The van der Waals surface area contributed by atoms with Crippen molar-refractivity contribution in [2.75, 3.05) is 6.54 Å². The summed E-state index contributed by atoms with van der Waals surface area (Å²) in [5.74, 6) is 0.821. The van der Waals surface area contributed by atoms with Crippen LogP contribution in [0.15, 0.2) is 30.3 Å². The zero-order valence-electron chi connectivity index (χ0n) is 13.5. The van der Waals surface area contributed by atoms with Gasteiger partial charge in [0.1, 0.15) is 6.04 Å². The summed E-state index contributed by atoms with van der Waals surface area (Å²) >= 11 is 0. The third-order valence-corrected chi connectivity index (χ3v) is 4.10. The van der Waals surface area contributed by atoms with Crippen molar-refractivity contribution in [3.05, 3.63) is 35.9 Å². The Bertz CT molecular complexity index is 444. The standard InChI is InChI=1S/C18H28N2O/c1-4-5-9-12-20-16(13-14(2)3)19-17(18(20)21)15-10-7-6-8-11-15/h6-8,10-11,14,16-17,19H,4-5,9,12-13H2,1-3H3. The molecule has 1 amide bonds. The second kappa shape index (κ2) is 7.60. The lowest BCUT2D eigenvalue weighted by molar-refractivity contribution is -0.130. The van der Waals surface area contributed by atoms with E-state index in [2.05, 4.69) is 31.0 Å². The topological polar surface area (TPSA) is 32.3 Å². The predicted octanol–water partition coefficient (Wildman–Crippen LogP) is 3.72. The number of rotatable bonds is 7. The largest absolute Gasteiger partial charge is 0.325 e. The summed E-state index contributed by atoms with van der Waals surface area (Å²) < 4.78 is 0. The Kier molecular flexibility index (Phi) is 5.80. The van der Waals surface area contributed by atoms with Gasteiger partial charge < -0.3 is 4.90 Å². The van der Waals surface area contributed by atoms with Crippen LogP contribution in [0.2, 0.25) is 0 Å². The normalized spacial score (nSPS) is 22.3. The molecule has 0 bridgehead atoms. The lowest BCUT2D eigenvalue weighted by Crippen LogP contribution is -2.38. The zero-order valence-corrected chi connectivity index (χ0v) is 13.5. The third-order valence-electron chi connectivity index (χ3n) is 4.10. The molecule has 0 radical (unpaired) electrons. The maximum atomic E-state index is 12.8. The molecule has 0 spiro atoms. The van der Waals surface area contributed by atoms with Crippen molar-refractivity contribution in [1.82, 2.24) is 10.2 Å². The summed E-state index contributed by atoms with van der Waals surface area (Å²) in [5, 5.41) is 3.54. The summed E-state index contributed by atoms with van der Waals surface area (Å²) in [6, 6.07) is 9.91. The molecule has 2 atom stereocenters. The third kappa shape index (κ3) is 4.07. The first-order valence-electron chi connectivity index (χ1n) is 8.25. The quantitative estimate of drug-likeness (QED) is 0.776. The molecule has 116 valence electrons. The molecular formula is C18H28N2O. The monoisotopic (exact) mass is 288 g/mol. The Labute approximate surface area is 128 Å². The van der Waals surface area contributed by atoms with E-state index in [9.17, 15) is 4.79 Å². The fraction of sp³-hybridized carbons (Fsp3) is 0.611. The number of carbonyl (C=O) groups is 1. The van der Waals surface area contributed by atoms with E-state index in [1.54, 1.807) is 0 Å². The van der Waals surface area contributed by atoms with Crippen LogP contribution in [-0.2, 0) is 4.79 Å². The van der Waals surface area contributed by atoms with E-state index in [1.807, 2.05) is 30.3 Å². The van der Waals surface area contributed by atoms with Crippen molar-refractivity contribution in [2.24, 2.45) is 5.92 Å². The van der Waals surface area contributed by atoms with Crippen LogP contribution in [0.25, 0.3) is 0 Å². The van der Waals surface area contributed by atoms with E-state index < -0.39 is 0 Å². The average molecular weight is 288 g/mol. The number of nitrogens with zero attached hydrogens (tertiary/aromatic N) is 1. The fourth-order valence-electron chi connectivity index (χ4n) is 3.00. The molecule has 1 heterocycles.